The molecule has 1 aliphatic rings. The van der Waals surface area contributed by atoms with Crippen LogP contribution < -0.4 is 5.43 Å². The van der Waals surface area contributed by atoms with Gasteiger partial charge in [0.25, 0.3) is 0 Å². The van der Waals surface area contributed by atoms with Crippen LogP contribution in [-0.2, 0) is 0 Å². The van der Waals surface area contributed by atoms with Gasteiger partial charge < -0.3 is 0 Å². The van der Waals surface area contributed by atoms with E-state index in [1.807, 2.05) is 30.3 Å². The van der Waals surface area contributed by atoms with Gasteiger partial charge in [-0.05, 0) is 24.5 Å². The Morgan fingerprint density at radius 2 is 1.93 bits per heavy atom. The molecule has 0 atom stereocenters. The van der Waals surface area contributed by atoms with Gasteiger partial charge in [-0.25, -0.2) is 4.39 Å². The van der Waals surface area contributed by atoms with Crippen LogP contribution in [0.4, 0.5) is 4.39 Å². The molecule has 4 nitrogen and oxygen atoms in total. The molecular weight excluding hydrogens is 387 g/mol. The van der Waals surface area contributed by atoms with Gasteiger partial charge in [0.05, 0.1) is 16.2 Å². The number of halogens is 2. The Morgan fingerprint density at radius 3 is 2.59 bits per heavy atom. The SMILES string of the molecule is C=NNC(=NC)c1c(C2CCCC2)nc2cc(F)c(Cl)cc2c1-c1ccccc1. The summed E-state index contributed by atoms with van der Waals surface area (Å²) < 4.78 is 14.3. The average Bonchev–Trinajstić information content (AvgIpc) is 3.27. The molecule has 1 heterocycles. The minimum absolute atomic E-state index is 0.0702. The van der Waals surface area contributed by atoms with Gasteiger partial charge in [-0.3, -0.25) is 15.4 Å². The summed E-state index contributed by atoms with van der Waals surface area (Å²) in [4.78, 5) is 9.35. The number of aliphatic imine (C=N–C) groups is 1. The van der Waals surface area contributed by atoms with E-state index in [1.54, 1.807) is 13.1 Å². The smallest absolute Gasteiger partial charge is 0.151 e. The summed E-state index contributed by atoms with van der Waals surface area (Å²) in [5.41, 5.74) is 7.25. The first kappa shape index (κ1) is 19.5. The molecule has 0 aliphatic heterocycles. The van der Waals surface area contributed by atoms with E-state index in [4.69, 9.17) is 16.6 Å². The van der Waals surface area contributed by atoms with Crippen LogP contribution in [-0.4, -0.2) is 24.6 Å². The molecule has 0 unspecified atom stereocenters. The lowest BCUT2D eigenvalue weighted by molar-refractivity contribution is 0.629. The largest absolute Gasteiger partial charge is 0.270 e. The van der Waals surface area contributed by atoms with Crippen molar-refractivity contribution in [3.05, 3.63) is 64.6 Å². The first-order chi connectivity index (χ1) is 14.1. The number of benzene rings is 2. The van der Waals surface area contributed by atoms with Crippen molar-refractivity contribution >= 4 is 35.1 Å². The summed E-state index contributed by atoms with van der Waals surface area (Å²) in [6.45, 7) is 3.56. The van der Waals surface area contributed by atoms with Crippen molar-refractivity contribution in [2.75, 3.05) is 7.05 Å². The van der Waals surface area contributed by atoms with E-state index in [-0.39, 0.29) is 5.02 Å². The molecular formula is C23H22ClFN4. The lowest BCUT2D eigenvalue weighted by Gasteiger charge is -2.22. The van der Waals surface area contributed by atoms with Crippen molar-refractivity contribution in [1.29, 1.82) is 0 Å². The number of nitrogens with zero attached hydrogens (tertiary/aromatic N) is 3. The highest BCUT2D eigenvalue weighted by molar-refractivity contribution is 6.31. The Hall–Kier alpha value is -2.79. The number of nitrogens with one attached hydrogen (secondary N) is 1. The van der Waals surface area contributed by atoms with Gasteiger partial charge in [0, 0.05) is 42.3 Å². The van der Waals surface area contributed by atoms with Crippen LogP contribution in [0.2, 0.25) is 5.02 Å². The molecule has 3 aromatic rings. The summed E-state index contributed by atoms with van der Waals surface area (Å²) in [7, 11) is 1.71. The van der Waals surface area contributed by atoms with E-state index in [1.165, 1.54) is 6.07 Å². The second-order valence-corrected chi connectivity index (χ2v) is 7.63. The molecule has 1 N–H and O–H groups in total. The number of hydrogen-bond acceptors (Lipinski definition) is 3. The highest BCUT2D eigenvalue weighted by Crippen LogP contribution is 2.41. The van der Waals surface area contributed by atoms with Crippen LogP contribution >= 0.6 is 11.6 Å². The molecule has 148 valence electrons. The standard InChI is InChI=1S/C23H22ClFN4/c1-26-23(29-27-2)21-20(14-8-4-3-5-9-14)16-12-17(24)18(25)13-19(16)28-22(21)15-10-6-7-11-15/h3-5,8-9,12-13,15H,2,6-7,10-11H2,1H3,(H,26,29). The van der Waals surface area contributed by atoms with Crippen LogP contribution in [0.5, 0.6) is 0 Å². The minimum atomic E-state index is -0.467. The highest BCUT2D eigenvalue weighted by Gasteiger charge is 2.28. The zero-order chi connectivity index (χ0) is 20.4. The van der Waals surface area contributed by atoms with E-state index >= 15 is 0 Å². The van der Waals surface area contributed by atoms with Gasteiger partial charge in [0.15, 0.2) is 5.84 Å². The second-order valence-electron chi connectivity index (χ2n) is 7.22. The predicted molar refractivity (Wildman–Crippen MR) is 119 cm³/mol. The van der Waals surface area contributed by atoms with E-state index in [2.05, 4.69) is 22.2 Å². The molecule has 1 saturated carbocycles. The van der Waals surface area contributed by atoms with E-state index in [0.717, 1.165) is 53.5 Å². The van der Waals surface area contributed by atoms with Crippen LogP contribution in [0.25, 0.3) is 22.0 Å². The van der Waals surface area contributed by atoms with Crippen molar-refractivity contribution in [1.82, 2.24) is 10.4 Å². The third-order valence-corrected chi connectivity index (χ3v) is 5.79. The number of fused-ring (bicyclic) bond motifs is 1. The minimum Gasteiger partial charge on any atom is -0.270 e. The molecule has 4 rings (SSSR count). The summed E-state index contributed by atoms with van der Waals surface area (Å²) in [6.07, 6.45) is 4.42. The zero-order valence-electron chi connectivity index (χ0n) is 16.3. The third kappa shape index (κ3) is 3.62. The fourth-order valence-corrected chi connectivity index (χ4v) is 4.37. The fraction of sp³-hybridized carbons (Fsp3) is 0.261. The van der Waals surface area contributed by atoms with Crippen molar-refractivity contribution in [2.45, 2.75) is 31.6 Å². The lowest BCUT2D eigenvalue weighted by Crippen LogP contribution is -2.23. The third-order valence-electron chi connectivity index (χ3n) is 5.50. The van der Waals surface area contributed by atoms with Crippen LogP contribution in [0, 0.1) is 5.82 Å². The summed E-state index contributed by atoms with van der Waals surface area (Å²) in [5.74, 6) is 0.417. The van der Waals surface area contributed by atoms with Gasteiger partial charge >= 0.3 is 0 Å². The molecule has 29 heavy (non-hydrogen) atoms. The Balaban J connectivity index is 2.15. The van der Waals surface area contributed by atoms with Crippen LogP contribution in [0.1, 0.15) is 42.9 Å². The molecule has 0 radical (unpaired) electrons. The van der Waals surface area contributed by atoms with E-state index in [0.29, 0.717) is 17.3 Å². The second kappa shape index (κ2) is 8.29. The lowest BCUT2D eigenvalue weighted by atomic mass is 9.88. The van der Waals surface area contributed by atoms with Gasteiger partial charge in [-0.2, -0.15) is 5.10 Å². The van der Waals surface area contributed by atoms with Gasteiger partial charge in [0.2, 0.25) is 0 Å². The molecule has 6 heteroatoms. The molecule has 0 saturated heterocycles. The Kier molecular flexibility index (Phi) is 5.58. The van der Waals surface area contributed by atoms with E-state index in [9.17, 15) is 4.39 Å². The maximum Gasteiger partial charge on any atom is 0.151 e. The Bertz CT molecular complexity index is 1090. The number of pyridine rings is 1. The molecule has 1 aliphatic carbocycles. The molecule has 2 aromatic carbocycles. The topological polar surface area (TPSA) is 49.6 Å². The monoisotopic (exact) mass is 408 g/mol. The van der Waals surface area contributed by atoms with Crippen LogP contribution in [0.15, 0.2) is 52.6 Å². The predicted octanol–water partition coefficient (Wildman–Crippen LogP) is 5.93. The molecule has 0 amide bonds. The number of amidine groups is 1. The summed E-state index contributed by atoms with van der Waals surface area (Å²) in [5, 5.41) is 4.71. The normalized spacial score (nSPS) is 15.1. The molecule has 1 fully saturated rings. The zero-order valence-corrected chi connectivity index (χ0v) is 17.0. The van der Waals surface area contributed by atoms with Gasteiger partial charge in [0.1, 0.15) is 5.82 Å². The summed E-state index contributed by atoms with van der Waals surface area (Å²) >= 11 is 6.16. The Labute approximate surface area is 174 Å². The number of hydrazone groups is 1. The summed E-state index contributed by atoms with van der Waals surface area (Å²) in [6, 6.07) is 13.1. The molecule has 1 aromatic heterocycles. The first-order valence-corrected chi connectivity index (χ1v) is 10.1. The first-order valence-electron chi connectivity index (χ1n) is 9.71. The maximum atomic E-state index is 14.3. The Morgan fingerprint density at radius 1 is 1.21 bits per heavy atom. The molecule has 0 spiro atoms. The van der Waals surface area contributed by atoms with Crippen molar-refractivity contribution < 1.29 is 4.39 Å². The van der Waals surface area contributed by atoms with Gasteiger partial charge in [-0.15, -0.1) is 0 Å². The maximum absolute atomic E-state index is 14.3. The molecule has 0 bridgehead atoms. The van der Waals surface area contributed by atoms with Gasteiger partial charge in [-0.1, -0.05) is 54.8 Å². The van der Waals surface area contributed by atoms with Crippen molar-refractivity contribution in [3.63, 3.8) is 0 Å². The number of aromatic nitrogens is 1. The van der Waals surface area contributed by atoms with Crippen molar-refractivity contribution in [3.8, 4) is 11.1 Å². The number of hydrogen-bond donors (Lipinski definition) is 1. The van der Waals surface area contributed by atoms with E-state index < -0.39 is 5.82 Å². The number of rotatable bonds is 4. The van der Waals surface area contributed by atoms with Crippen LogP contribution in [0.3, 0.4) is 0 Å². The average molecular weight is 409 g/mol. The van der Waals surface area contributed by atoms with Crippen molar-refractivity contribution in [2.24, 2.45) is 10.1 Å². The highest BCUT2D eigenvalue weighted by atomic mass is 35.5. The quantitative estimate of drug-likeness (QED) is 0.330. The fourth-order valence-electron chi connectivity index (χ4n) is 4.21.